The summed E-state index contributed by atoms with van der Waals surface area (Å²) in [5.74, 6) is 1.16. The predicted octanol–water partition coefficient (Wildman–Crippen LogP) is 4.96. The van der Waals surface area contributed by atoms with E-state index in [0.717, 1.165) is 22.6 Å². The Bertz CT molecular complexity index is 912. The number of amides is 1. The minimum atomic E-state index is -0.297. The minimum Gasteiger partial charge on any atom is -0.466 e. The number of aryl methyl sites for hydroxylation is 3. The van der Waals surface area contributed by atoms with Crippen molar-refractivity contribution in [3.8, 4) is 10.6 Å². The molecular weight excluding hydrogens is 339 g/mol. The van der Waals surface area contributed by atoms with Gasteiger partial charge in [-0.2, -0.15) is 0 Å². The van der Waals surface area contributed by atoms with Crippen LogP contribution < -0.4 is 5.32 Å². The standard InChI is InChI=1S/C19H19FN2O2S/c1-10-9-16(13(4)24-10)11(2)21-18(23)17-12(3)22-19(25-17)14-5-7-15(20)8-6-14/h5-9,11H,1-4H3,(H,21,23). The number of rotatable bonds is 4. The van der Waals surface area contributed by atoms with Crippen molar-refractivity contribution in [2.24, 2.45) is 0 Å². The molecule has 1 atom stereocenters. The van der Waals surface area contributed by atoms with E-state index in [-0.39, 0.29) is 17.8 Å². The number of halogens is 1. The van der Waals surface area contributed by atoms with E-state index >= 15 is 0 Å². The van der Waals surface area contributed by atoms with Gasteiger partial charge in [0.2, 0.25) is 0 Å². The Hall–Kier alpha value is -2.47. The highest BCUT2D eigenvalue weighted by atomic mass is 32.1. The Morgan fingerprint density at radius 3 is 2.52 bits per heavy atom. The number of thiazole rings is 1. The number of hydrogen-bond acceptors (Lipinski definition) is 4. The molecule has 1 N–H and O–H groups in total. The number of carbonyl (C=O) groups is 1. The van der Waals surface area contributed by atoms with Gasteiger partial charge >= 0.3 is 0 Å². The van der Waals surface area contributed by atoms with Gasteiger partial charge in [0.05, 0.1) is 11.7 Å². The molecule has 1 unspecified atom stereocenters. The summed E-state index contributed by atoms with van der Waals surface area (Å²) >= 11 is 1.30. The Labute approximate surface area is 149 Å². The number of hydrogen-bond donors (Lipinski definition) is 1. The van der Waals surface area contributed by atoms with E-state index in [1.807, 2.05) is 26.8 Å². The van der Waals surface area contributed by atoms with Gasteiger partial charge in [-0.1, -0.05) is 0 Å². The van der Waals surface area contributed by atoms with Gasteiger partial charge in [-0.25, -0.2) is 9.37 Å². The zero-order chi connectivity index (χ0) is 18.1. The number of aromatic nitrogens is 1. The van der Waals surface area contributed by atoms with Gasteiger partial charge < -0.3 is 9.73 Å². The fraction of sp³-hybridized carbons (Fsp3) is 0.263. The van der Waals surface area contributed by atoms with Crippen LogP contribution in [0.2, 0.25) is 0 Å². The zero-order valence-corrected chi connectivity index (χ0v) is 15.3. The van der Waals surface area contributed by atoms with Gasteiger partial charge in [0.25, 0.3) is 5.91 Å². The molecular formula is C19H19FN2O2S. The van der Waals surface area contributed by atoms with Crippen molar-refractivity contribution >= 4 is 17.2 Å². The van der Waals surface area contributed by atoms with Gasteiger partial charge in [-0.15, -0.1) is 11.3 Å². The third-order valence-electron chi connectivity index (χ3n) is 3.99. The summed E-state index contributed by atoms with van der Waals surface area (Å²) < 4.78 is 18.6. The molecule has 0 fully saturated rings. The highest BCUT2D eigenvalue weighted by molar-refractivity contribution is 7.17. The molecule has 6 heteroatoms. The first-order valence-corrected chi connectivity index (χ1v) is 8.78. The third kappa shape index (κ3) is 3.64. The molecule has 0 spiro atoms. The Morgan fingerprint density at radius 1 is 1.24 bits per heavy atom. The minimum absolute atomic E-state index is 0.166. The second-order valence-corrected chi connectivity index (χ2v) is 7.00. The van der Waals surface area contributed by atoms with Crippen LogP contribution in [0.3, 0.4) is 0 Å². The number of furan rings is 1. The molecule has 0 saturated carbocycles. The average molecular weight is 358 g/mol. The summed E-state index contributed by atoms with van der Waals surface area (Å²) in [6.07, 6.45) is 0. The highest BCUT2D eigenvalue weighted by Crippen LogP contribution is 2.29. The molecule has 1 aromatic carbocycles. The summed E-state index contributed by atoms with van der Waals surface area (Å²) in [7, 11) is 0. The first-order valence-electron chi connectivity index (χ1n) is 7.96. The van der Waals surface area contributed by atoms with E-state index in [2.05, 4.69) is 10.3 Å². The lowest BCUT2D eigenvalue weighted by atomic mass is 10.1. The van der Waals surface area contributed by atoms with Crippen LogP contribution in [0, 0.1) is 26.6 Å². The zero-order valence-electron chi connectivity index (χ0n) is 14.5. The number of benzene rings is 1. The second kappa shape index (κ2) is 6.80. The molecule has 0 aliphatic carbocycles. The van der Waals surface area contributed by atoms with Crippen molar-refractivity contribution in [2.75, 3.05) is 0 Å². The van der Waals surface area contributed by atoms with Crippen molar-refractivity contribution in [3.63, 3.8) is 0 Å². The molecule has 1 amide bonds. The molecule has 0 aliphatic rings. The van der Waals surface area contributed by atoms with Crippen LogP contribution in [-0.2, 0) is 0 Å². The highest BCUT2D eigenvalue weighted by Gasteiger charge is 2.20. The van der Waals surface area contributed by atoms with Crippen molar-refractivity contribution in [1.29, 1.82) is 0 Å². The van der Waals surface area contributed by atoms with Gasteiger partial charge in [-0.05, 0) is 58.0 Å². The van der Waals surface area contributed by atoms with E-state index in [9.17, 15) is 9.18 Å². The summed E-state index contributed by atoms with van der Waals surface area (Å²) in [4.78, 5) is 17.6. The van der Waals surface area contributed by atoms with Crippen molar-refractivity contribution in [3.05, 3.63) is 63.8 Å². The molecule has 130 valence electrons. The topological polar surface area (TPSA) is 55.1 Å². The van der Waals surface area contributed by atoms with Gasteiger partial charge in [-0.3, -0.25) is 4.79 Å². The van der Waals surface area contributed by atoms with Crippen molar-refractivity contribution < 1.29 is 13.6 Å². The summed E-state index contributed by atoms with van der Waals surface area (Å²) in [6.45, 7) is 7.49. The largest absolute Gasteiger partial charge is 0.466 e. The molecule has 4 nitrogen and oxygen atoms in total. The first kappa shape index (κ1) is 17.4. The number of carbonyl (C=O) groups excluding carboxylic acids is 1. The van der Waals surface area contributed by atoms with Crippen LogP contribution in [0.25, 0.3) is 10.6 Å². The average Bonchev–Trinajstić information content (AvgIpc) is 3.10. The maximum absolute atomic E-state index is 13.1. The van der Waals surface area contributed by atoms with Crippen LogP contribution in [0.1, 0.15) is 45.4 Å². The van der Waals surface area contributed by atoms with Crippen molar-refractivity contribution in [2.45, 2.75) is 33.7 Å². The smallest absolute Gasteiger partial charge is 0.263 e. The van der Waals surface area contributed by atoms with Crippen LogP contribution in [0.4, 0.5) is 4.39 Å². The fourth-order valence-corrected chi connectivity index (χ4v) is 3.72. The van der Waals surface area contributed by atoms with E-state index < -0.39 is 0 Å². The maximum atomic E-state index is 13.1. The molecule has 0 bridgehead atoms. The molecule has 0 radical (unpaired) electrons. The van der Waals surface area contributed by atoms with Crippen LogP contribution in [0.5, 0.6) is 0 Å². The van der Waals surface area contributed by atoms with E-state index in [4.69, 9.17) is 4.42 Å². The Kier molecular flexibility index (Phi) is 4.72. The Morgan fingerprint density at radius 2 is 1.92 bits per heavy atom. The lowest BCUT2D eigenvalue weighted by molar-refractivity contribution is 0.0943. The lowest BCUT2D eigenvalue weighted by Gasteiger charge is -2.12. The molecule has 25 heavy (non-hydrogen) atoms. The normalized spacial score (nSPS) is 12.2. The number of nitrogens with one attached hydrogen (secondary N) is 1. The van der Waals surface area contributed by atoms with Gasteiger partial charge in [0, 0.05) is 11.1 Å². The van der Waals surface area contributed by atoms with E-state index in [0.29, 0.717) is 15.6 Å². The second-order valence-electron chi connectivity index (χ2n) is 6.00. The quantitative estimate of drug-likeness (QED) is 0.717. The van der Waals surface area contributed by atoms with Crippen LogP contribution >= 0.6 is 11.3 Å². The molecule has 2 heterocycles. The molecule has 0 aliphatic heterocycles. The molecule has 2 aromatic heterocycles. The van der Waals surface area contributed by atoms with Crippen molar-refractivity contribution in [1.82, 2.24) is 10.3 Å². The SMILES string of the molecule is Cc1cc(C(C)NC(=O)c2sc(-c3ccc(F)cc3)nc2C)c(C)o1. The van der Waals surface area contributed by atoms with Gasteiger partial charge in [0.15, 0.2) is 0 Å². The molecule has 3 aromatic rings. The Balaban J connectivity index is 1.80. The number of nitrogens with zero attached hydrogens (tertiary/aromatic N) is 1. The summed E-state index contributed by atoms with van der Waals surface area (Å²) in [6, 6.07) is 7.87. The fourth-order valence-electron chi connectivity index (χ4n) is 2.74. The van der Waals surface area contributed by atoms with Gasteiger partial charge in [0.1, 0.15) is 27.2 Å². The first-order chi connectivity index (χ1) is 11.8. The lowest BCUT2D eigenvalue weighted by Crippen LogP contribution is -2.26. The van der Waals surface area contributed by atoms with Crippen LogP contribution in [-0.4, -0.2) is 10.9 Å². The summed E-state index contributed by atoms with van der Waals surface area (Å²) in [5, 5.41) is 3.69. The third-order valence-corrected chi connectivity index (χ3v) is 5.19. The molecule has 0 saturated heterocycles. The van der Waals surface area contributed by atoms with Crippen LogP contribution in [0.15, 0.2) is 34.7 Å². The van der Waals surface area contributed by atoms with E-state index in [1.165, 1.54) is 23.5 Å². The summed E-state index contributed by atoms with van der Waals surface area (Å²) in [5.41, 5.74) is 2.42. The monoisotopic (exact) mass is 358 g/mol. The maximum Gasteiger partial charge on any atom is 0.263 e. The van der Waals surface area contributed by atoms with E-state index in [1.54, 1.807) is 19.1 Å². The predicted molar refractivity (Wildman–Crippen MR) is 96.3 cm³/mol. The molecule has 3 rings (SSSR count).